The lowest BCUT2D eigenvalue weighted by atomic mass is 10.2. The highest BCUT2D eigenvalue weighted by atomic mass is 16.5. The van der Waals surface area contributed by atoms with Crippen molar-refractivity contribution in [3.63, 3.8) is 0 Å². The molecule has 1 fully saturated rings. The second-order valence-electron chi connectivity index (χ2n) is 6.27. The summed E-state index contributed by atoms with van der Waals surface area (Å²) in [4.78, 5) is 6.51. The van der Waals surface area contributed by atoms with Crippen LogP contribution < -0.4 is 29.2 Å². The zero-order valence-electron chi connectivity index (χ0n) is 15.0. The number of hydrogen-bond donors (Lipinski definition) is 1. The fraction of sp³-hybridized carbons (Fsp3) is 0.421. The standard InChI is InChI=1S/C19H23N3O4/c1-23-18-9-13(11-21-19(18)24-2)22-7-8-25-17-4-3-14(10-16(17)22)26-15-5-6-20-12-15/h3-4,9-11,15,20H,5-8,12H2,1-2H3/t15-/m0/s1. The third-order valence-corrected chi connectivity index (χ3v) is 4.64. The van der Waals surface area contributed by atoms with Crippen LogP contribution in [0.4, 0.5) is 11.4 Å². The third-order valence-electron chi connectivity index (χ3n) is 4.64. The SMILES string of the molecule is COc1cc(N2CCOc3ccc(O[C@H]4CCNC4)cc32)cnc1OC. The van der Waals surface area contributed by atoms with Crippen molar-refractivity contribution in [2.24, 2.45) is 0 Å². The number of hydrogen-bond acceptors (Lipinski definition) is 7. The number of ether oxygens (including phenoxy) is 4. The molecule has 0 spiro atoms. The summed E-state index contributed by atoms with van der Waals surface area (Å²) in [7, 11) is 3.19. The van der Waals surface area contributed by atoms with Gasteiger partial charge in [-0.2, -0.15) is 0 Å². The topological polar surface area (TPSA) is 65.1 Å². The van der Waals surface area contributed by atoms with Crippen LogP contribution in [0.2, 0.25) is 0 Å². The number of pyridine rings is 1. The molecule has 0 radical (unpaired) electrons. The molecule has 4 rings (SSSR count). The molecule has 2 aliphatic rings. The van der Waals surface area contributed by atoms with Gasteiger partial charge in [-0.1, -0.05) is 0 Å². The molecule has 26 heavy (non-hydrogen) atoms. The second kappa shape index (κ2) is 7.29. The first-order chi connectivity index (χ1) is 12.8. The highest BCUT2D eigenvalue weighted by Gasteiger charge is 2.23. The molecule has 3 heterocycles. The fourth-order valence-corrected chi connectivity index (χ4v) is 3.33. The Hall–Kier alpha value is -2.67. The van der Waals surface area contributed by atoms with Crippen LogP contribution in [0.25, 0.3) is 0 Å². The summed E-state index contributed by atoms with van der Waals surface area (Å²) in [5, 5.41) is 3.32. The molecule has 0 saturated carbocycles. The van der Waals surface area contributed by atoms with Gasteiger partial charge >= 0.3 is 0 Å². The molecule has 7 heteroatoms. The Morgan fingerprint density at radius 1 is 1.23 bits per heavy atom. The fourth-order valence-electron chi connectivity index (χ4n) is 3.33. The molecule has 1 atom stereocenters. The second-order valence-corrected chi connectivity index (χ2v) is 6.27. The van der Waals surface area contributed by atoms with Crippen LogP contribution in [0.5, 0.6) is 23.1 Å². The number of fused-ring (bicyclic) bond motifs is 1. The van der Waals surface area contributed by atoms with Crippen molar-refractivity contribution >= 4 is 11.4 Å². The zero-order valence-corrected chi connectivity index (χ0v) is 15.0. The number of aromatic nitrogens is 1. The van der Waals surface area contributed by atoms with Crippen molar-refractivity contribution in [2.45, 2.75) is 12.5 Å². The summed E-state index contributed by atoms with van der Waals surface area (Å²) in [6.45, 7) is 3.21. The normalized spacial score (nSPS) is 18.8. The number of rotatable bonds is 5. The summed E-state index contributed by atoms with van der Waals surface area (Å²) in [5.74, 6) is 2.75. The van der Waals surface area contributed by atoms with E-state index in [0.717, 1.165) is 48.9 Å². The van der Waals surface area contributed by atoms with Gasteiger partial charge in [0.1, 0.15) is 24.2 Å². The van der Waals surface area contributed by atoms with Gasteiger partial charge in [0, 0.05) is 18.7 Å². The van der Waals surface area contributed by atoms with Crippen LogP contribution in [0.1, 0.15) is 6.42 Å². The average Bonchev–Trinajstić information content (AvgIpc) is 3.20. The molecule has 1 aromatic carbocycles. The van der Waals surface area contributed by atoms with E-state index in [0.29, 0.717) is 18.2 Å². The molecule has 0 unspecified atom stereocenters. The Labute approximate surface area is 152 Å². The molecule has 0 aliphatic carbocycles. The van der Waals surface area contributed by atoms with Crippen molar-refractivity contribution in [3.05, 3.63) is 30.5 Å². The molecule has 7 nitrogen and oxygen atoms in total. The van der Waals surface area contributed by atoms with Gasteiger partial charge in [0.25, 0.3) is 5.88 Å². The largest absolute Gasteiger partial charge is 0.491 e. The molecule has 0 bridgehead atoms. The maximum atomic E-state index is 6.10. The van der Waals surface area contributed by atoms with Crippen molar-refractivity contribution in [3.8, 4) is 23.1 Å². The van der Waals surface area contributed by atoms with E-state index >= 15 is 0 Å². The summed E-state index contributed by atoms with van der Waals surface area (Å²) in [5.41, 5.74) is 1.89. The van der Waals surface area contributed by atoms with Gasteiger partial charge in [-0.3, -0.25) is 0 Å². The summed E-state index contributed by atoms with van der Waals surface area (Å²) in [6, 6.07) is 7.89. The van der Waals surface area contributed by atoms with Gasteiger partial charge in [0.15, 0.2) is 5.75 Å². The van der Waals surface area contributed by atoms with Gasteiger partial charge < -0.3 is 29.2 Å². The Morgan fingerprint density at radius 2 is 2.15 bits per heavy atom. The lowest BCUT2D eigenvalue weighted by molar-refractivity contribution is 0.222. The lowest BCUT2D eigenvalue weighted by Crippen LogP contribution is -2.29. The smallest absolute Gasteiger partial charge is 0.256 e. The first kappa shape index (κ1) is 16.8. The molecule has 1 aromatic heterocycles. The Kier molecular flexibility index (Phi) is 4.71. The minimum Gasteiger partial charge on any atom is -0.491 e. The minimum atomic E-state index is 0.216. The molecule has 2 aromatic rings. The van der Waals surface area contributed by atoms with Gasteiger partial charge in [-0.05, 0) is 25.1 Å². The van der Waals surface area contributed by atoms with Crippen molar-refractivity contribution in [2.75, 3.05) is 45.4 Å². The average molecular weight is 357 g/mol. The van der Waals surface area contributed by atoms with Crippen molar-refractivity contribution in [1.82, 2.24) is 10.3 Å². The van der Waals surface area contributed by atoms with Gasteiger partial charge in [-0.25, -0.2) is 4.98 Å². The van der Waals surface area contributed by atoms with E-state index in [1.54, 1.807) is 20.4 Å². The molecule has 1 saturated heterocycles. The van der Waals surface area contributed by atoms with E-state index in [1.807, 2.05) is 24.3 Å². The van der Waals surface area contributed by atoms with Crippen molar-refractivity contribution < 1.29 is 18.9 Å². The number of anilines is 2. The van der Waals surface area contributed by atoms with Crippen LogP contribution in [0.15, 0.2) is 30.5 Å². The van der Waals surface area contributed by atoms with E-state index in [2.05, 4.69) is 15.2 Å². The molecule has 0 amide bonds. The Bertz CT molecular complexity index is 777. The van der Waals surface area contributed by atoms with Gasteiger partial charge in [0.2, 0.25) is 0 Å². The predicted octanol–water partition coefficient (Wildman–Crippen LogP) is 2.37. The molecule has 2 aliphatic heterocycles. The maximum Gasteiger partial charge on any atom is 0.256 e. The van der Waals surface area contributed by atoms with Gasteiger partial charge in [-0.15, -0.1) is 0 Å². The van der Waals surface area contributed by atoms with Crippen LogP contribution in [-0.2, 0) is 0 Å². The summed E-state index contributed by atoms with van der Waals surface area (Å²) in [6.07, 6.45) is 3.02. The van der Waals surface area contributed by atoms with Crippen LogP contribution >= 0.6 is 0 Å². The van der Waals surface area contributed by atoms with E-state index in [-0.39, 0.29) is 6.10 Å². The van der Waals surface area contributed by atoms with Crippen LogP contribution in [-0.4, -0.2) is 51.5 Å². The van der Waals surface area contributed by atoms with E-state index in [1.165, 1.54) is 0 Å². The van der Waals surface area contributed by atoms with E-state index in [4.69, 9.17) is 18.9 Å². The van der Waals surface area contributed by atoms with E-state index < -0.39 is 0 Å². The minimum absolute atomic E-state index is 0.216. The molecular formula is C19H23N3O4. The predicted molar refractivity (Wildman–Crippen MR) is 98.2 cm³/mol. The first-order valence-corrected chi connectivity index (χ1v) is 8.78. The maximum absolute atomic E-state index is 6.10. The molecule has 1 N–H and O–H groups in total. The Morgan fingerprint density at radius 3 is 2.92 bits per heavy atom. The zero-order chi connectivity index (χ0) is 17.9. The Balaban J connectivity index is 1.65. The number of methoxy groups -OCH3 is 2. The number of nitrogens with zero attached hydrogens (tertiary/aromatic N) is 2. The summed E-state index contributed by atoms with van der Waals surface area (Å²) < 4.78 is 22.5. The van der Waals surface area contributed by atoms with Crippen LogP contribution in [0, 0.1) is 0 Å². The molecular weight excluding hydrogens is 334 g/mol. The number of benzene rings is 1. The lowest BCUT2D eigenvalue weighted by Gasteiger charge is -2.31. The highest BCUT2D eigenvalue weighted by Crippen LogP contribution is 2.41. The van der Waals surface area contributed by atoms with Crippen LogP contribution in [0.3, 0.4) is 0 Å². The van der Waals surface area contributed by atoms with Gasteiger partial charge in [0.05, 0.1) is 38.3 Å². The van der Waals surface area contributed by atoms with Crippen molar-refractivity contribution in [1.29, 1.82) is 0 Å². The monoisotopic (exact) mass is 357 g/mol. The first-order valence-electron chi connectivity index (χ1n) is 8.78. The molecule has 138 valence electrons. The quantitative estimate of drug-likeness (QED) is 0.881. The number of nitrogens with one attached hydrogen (secondary N) is 1. The third kappa shape index (κ3) is 3.22. The van der Waals surface area contributed by atoms with E-state index in [9.17, 15) is 0 Å². The summed E-state index contributed by atoms with van der Waals surface area (Å²) >= 11 is 0. The highest BCUT2D eigenvalue weighted by molar-refractivity contribution is 5.72.